The van der Waals surface area contributed by atoms with Crippen LogP contribution in [0.2, 0.25) is 0 Å². The fourth-order valence-electron chi connectivity index (χ4n) is 2.70. The van der Waals surface area contributed by atoms with Crippen LogP contribution in [-0.4, -0.2) is 48.1 Å². The summed E-state index contributed by atoms with van der Waals surface area (Å²) in [6, 6.07) is 12.9. The Bertz CT molecular complexity index is 896. The van der Waals surface area contributed by atoms with Crippen molar-refractivity contribution in [3.05, 3.63) is 64.2 Å². The molecule has 146 valence electrons. The van der Waals surface area contributed by atoms with E-state index in [9.17, 15) is 18.5 Å². The topological polar surface area (TPSA) is 97.0 Å². The molecule has 0 aliphatic heterocycles. The number of quaternary nitrogens is 1. The van der Waals surface area contributed by atoms with Gasteiger partial charge in [-0.15, -0.1) is 0 Å². The van der Waals surface area contributed by atoms with Crippen LogP contribution in [0.25, 0.3) is 0 Å². The Balaban J connectivity index is 2.19. The van der Waals surface area contributed by atoms with Gasteiger partial charge in [-0.25, -0.2) is 13.1 Å². The summed E-state index contributed by atoms with van der Waals surface area (Å²) < 4.78 is 27.7. The largest absolute Gasteiger partial charge is 0.378 e. The molecule has 0 radical (unpaired) electrons. The summed E-state index contributed by atoms with van der Waals surface area (Å²) >= 11 is 0. The van der Waals surface area contributed by atoms with Gasteiger partial charge in [0.05, 0.1) is 30.5 Å². The van der Waals surface area contributed by atoms with E-state index in [0.717, 1.165) is 22.2 Å². The van der Waals surface area contributed by atoms with Gasteiger partial charge in [0, 0.05) is 37.5 Å². The molecule has 8 nitrogen and oxygen atoms in total. The minimum absolute atomic E-state index is 0.102. The highest BCUT2D eigenvalue weighted by Gasteiger charge is 2.23. The van der Waals surface area contributed by atoms with Crippen molar-refractivity contribution in [1.29, 1.82) is 0 Å². The number of anilines is 1. The Labute approximate surface area is 159 Å². The number of non-ortho nitro benzene ring substituents is 1. The summed E-state index contributed by atoms with van der Waals surface area (Å²) in [6.07, 6.45) is 0. The molecule has 0 fully saturated rings. The number of hydrogen-bond acceptors (Lipinski definition) is 5. The molecule has 0 heterocycles. The van der Waals surface area contributed by atoms with Gasteiger partial charge in [0.1, 0.15) is 6.04 Å². The van der Waals surface area contributed by atoms with Crippen LogP contribution in [-0.2, 0) is 10.0 Å². The van der Waals surface area contributed by atoms with E-state index in [4.69, 9.17) is 0 Å². The van der Waals surface area contributed by atoms with Gasteiger partial charge in [0.2, 0.25) is 10.0 Å². The van der Waals surface area contributed by atoms with E-state index in [1.807, 2.05) is 57.4 Å². The van der Waals surface area contributed by atoms with E-state index in [1.54, 1.807) is 0 Å². The molecule has 0 amide bonds. The molecule has 9 heteroatoms. The highest BCUT2D eigenvalue weighted by molar-refractivity contribution is 7.89. The monoisotopic (exact) mass is 393 g/mol. The Morgan fingerprint density at radius 1 is 1.15 bits per heavy atom. The summed E-state index contributed by atoms with van der Waals surface area (Å²) in [7, 11) is 3.96. The van der Waals surface area contributed by atoms with Gasteiger partial charge in [-0.05, 0) is 18.2 Å². The lowest BCUT2D eigenvalue weighted by atomic mass is 10.1. The van der Waals surface area contributed by atoms with Crippen LogP contribution in [0.5, 0.6) is 0 Å². The first kappa shape index (κ1) is 20.8. The van der Waals surface area contributed by atoms with Crippen LogP contribution in [0.1, 0.15) is 11.6 Å². The van der Waals surface area contributed by atoms with E-state index in [1.165, 1.54) is 18.2 Å². The van der Waals surface area contributed by atoms with E-state index < -0.39 is 14.9 Å². The van der Waals surface area contributed by atoms with Crippen molar-refractivity contribution >= 4 is 21.4 Å². The average Bonchev–Trinajstić information content (AvgIpc) is 2.62. The Kier molecular flexibility index (Phi) is 6.53. The number of nitrogens with one attached hydrogen (secondary N) is 2. The molecule has 1 atom stereocenters. The van der Waals surface area contributed by atoms with Gasteiger partial charge in [0.15, 0.2) is 0 Å². The Morgan fingerprint density at radius 2 is 1.78 bits per heavy atom. The normalized spacial score (nSPS) is 12.8. The van der Waals surface area contributed by atoms with Gasteiger partial charge in [-0.1, -0.05) is 18.2 Å². The minimum Gasteiger partial charge on any atom is -0.378 e. The molecule has 0 saturated carbocycles. The molecular weight excluding hydrogens is 368 g/mol. The van der Waals surface area contributed by atoms with Crippen molar-refractivity contribution in [3.8, 4) is 0 Å². The number of sulfonamides is 1. The summed E-state index contributed by atoms with van der Waals surface area (Å²) in [6.45, 7) is 0.175. The van der Waals surface area contributed by atoms with Crippen molar-refractivity contribution in [2.45, 2.75) is 10.9 Å². The first-order valence-electron chi connectivity index (χ1n) is 8.43. The summed E-state index contributed by atoms with van der Waals surface area (Å²) in [4.78, 5) is 13.2. The molecule has 27 heavy (non-hydrogen) atoms. The SMILES string of the molecule is CN(C)c1ccc([C@H](CNS(=O)(=O)c2cccc([N+](=O)[O-])c2)[NH+](C)C)cc1. The number of nitro groups is 1. The van der Waals surface area contributed by atoms with Gasteiger partial charge < -0.3 is 9.80 Å². The summed E-state index contributed by atoms with van der Waals surface area (Å²) in [5, 5.41) is 10.9. The second-order valence-corrected chi connectivity index (χ2v) is 8.49. The minimum atomic E-state index is -3.85. The van der Waals surface area contributed by atoms with E-state index >= 15 is 0 Å². The average molecular weight is 393 g/mol. The van der Waals surface area contributed by atoms with Crippen LogP contribution in [0.4, 0.5) is 11.4 Å². The number of hydrogen-bond donors (Lipinski definition) is 2. The molecular formula is C18H25N4O4S+. The second-order valence-electron chi connectivity index (χ2n) is 6.72. The van der Waals surface area contributed by atoms with E-state index in [2.05, 4.69) is 4.72 Å². The van der Waals surface area contributed by atoms with Crippen LogP contribution < -0.4 is 14.5 Å². The second kappa shape index (κ2) is 8.47. The highest BCUT2D eigenvalue weighted by atomic mass is 32.2. The molecule has 2 rings (SSSR count). The maximum Gasteiger partial charge on any atom is 0.270 e. The fourth-order valence-corrected chi connectivity index (χ4v) is 3.79. The predicted octanol–water partition coefficient (Wildman–Crippen LogP) is 0.825. The van der Waals surface area contributed by atoms with E-state index in [-0.39, 0.29) is 23.2 Å². The van der Waals surface area contributed by atoms with Crippen molar-refractivity contribution in [2.24, 2.45) is 0 Å². The third-order valence-corrected chi connectivity index (χ3v) is 5.75. The lowest BCUT2D eigenvalue weighted by Gasteiger charge is -2.23. The number of nitrogens with zero attached hydrogens (tertiary/aromatic N) is 2. The molecule has 2 aromatic rings. The smallest absolute Gasteiger partial charge is 0.270 e. The fraction of sp³-hybridized carbons (Fsp3) is 0.333. The van der Waals surface area contributed by atoms with Crippen LogP contribution in [0.15, 0.2) is 53.4 Å². The molecule has 0 spiro atoms. The molecule has 0 bridgehead atoms. The molecule has 0 aliphatic carbocycles. The Morgan fingerprint density at radius 3 is 2.30 bits per heavy atom. The maximum absolute atomic E-state index is 12.6. The standard InChI is InChI=1S/C18H24N4O4S/c1-20(2)15-10-8-14(9-11-15)18(21(3)4)13-19-27(25,26)17-7-5-6-16(12-17)22(23)24/h5-12,18-19H,13H2,1-4H3/p+1/t18-/m0/s1. The zero-order valence-electron chi connectivity index (χ0n) is 15.8. The number of rotatable bonds is 8. The third kappa shape index (κ3) is 5.25. The number of benzene rings is 2. The van der Waals surface area contributed by atoms with Crippen molar-refractivity contribution < 1.29 is 18.2 Å². The molecule has 0 saturated heterocycles. The van der Waals surface area contributed by atoms with Gasteiger partial charge in [-0.2, -0.15) is 0 Å². The lowest BCUT2D eigenvalue weighted by Crippen LogP contribution is -3.07. The first-order chi connectivity index (χ1) is 12.6. The highest BCUT2D eigenvalue weighted by Crippen LogP contribution is 2.19. The molecule has 2 N–H and O–H groups in total. The summed E-state index contributed by atoms with van der Waals surface area (Å²) in [5.74, 6) is 0. The number of nitro benzene ring substituents is 1. The van der Waals surface area contributed by atoms with Gasteiger partial charge >= 0.3 is 0 Å². The van der Waals surface area contributed by atoms with Crippen LogP contribution in [0.3, 0.4) is 0 Å². The van der Waals surface area contributed by atoms with Crippen molar-refractivity contribution in [2.75, 3.05) is 39.6 Å². The van der Waals surface area contributed by atoms with Crippen molar-refractivity contribution in [3.63, 3.8) is 0 Å². The van der Waals surface area contributed by atoms with Crippen molar-refractivity contribution in [1.82, 2.24) is 4.72 Å². The Hall–Kier alpha value is -2.49. The van der Waals surface area contributed by atoms with Crippen LogP contribution >= 0.6 is 0 Å². The quantitative estimate of drug-likeness (QED) is 0.511. The van der Waals surface area contributed by atoms with Gasteiger partial charge in [-0.3, -0.25) is 10.1 Å². The first-order valence-corrected chi connectivity index (χ1v) is 9.91. The molecule has 0 unspecified atom stereocenters. The third-order valence-electron chi connectivity index (χ3n) is 4.32. The lowest BCUT2D eigenvalue weighted by molar-refractivity contribution is -0.890. The zero-order valence-corrected chi connectivity index (χ0v) is 16.7. The predicted molar refractivity (Wildman–Crippen MR) is 105 cm³/mol. The van der Waals surface area contributed by atoms with Gasteiger partial charge in [0.25, 0.3) is 5.69 Å². The number of likely N-dealkylation sites (N-methyl/N-ethyl adjacent to an activating group) is 1. The molecule has 2 aromatic carbocycles. The summed E-state index contributed by atoms with van der Waals surface area (Å²) in [5.41, 5.74) is 1.80. The molecule has 0 aliphatic rings. The van der Waals surface area contributed by atoms with E-state index in [0.29, 0.717) is 0 Å². The van der Waals surface area contributed by atoms with Crippen LogP contribution in [0, 0.1) is 10.1 Å². The zero-order chi connectivity index (χ0) is 20.2. The maximum atomic E-state index is 12.6. The molecule has 0 aromatic heterocycles.